The Morgan fingerprint density at radius 1 is 1.39 bits per heavy atom. The zero-order chi connectivity index (χ0) is 13.0. The van der Waals surface area contributed by atoms with Gasteiger partial charge in [-0.05, 0) is 6.92 Å². The van der Waals surface area contributed by atoms with E-state index in [1.165, 1.54) is 6.20 Å². The van der Waals surface area contributed by atoms with Crippen molar-refractivity contribution in [1.82, 2.24) is 15.5 Å². The average molecular weight is 241 g/mol. The van der Waals surface area contributed by atoms with Crippen LogP contribution in [0.25, 0.3) is 11.3 Å². The van der Waals surface area contributed by atoms with Crippen molar-refractivity contribution >= 4 is 5.91 Å². The third-order valence-electron chi connectivity index (χ3n) is 2.50. The predicted molar refractivity (Wildman–Crippen MR) is 71.2 cm³/mol. The molecule has 1 amide bonds. The van der Waals surface area contributed by atoms with Gasteiger partial charge < -0.3 is 5.32 Å². The molecule has 0 aliphatic carbocycles. The van der Waals surface area contributed by atoms with Crippen molar-refractivity contribution in [2.45, 2.75) is 6.92 Å². The number of carbonyl (C=O) groups is 1. The molecule has 18 heavy (non-hydrogen) atoms. The van der Waals surface area contributed by atoms with E-state index >= 15 is 0 Å². The second-order valence-corrected chi connectivity index (χ2v) is 4.16. The summed E-state index contributed by atoms with van der Waals surface area (Å²) in [6, 6.07) is 9.64. The highest BCUT2D eigenvalue weighted by Crippen LogP contribution is 2.20. The molecule has 0 spiro atoms. The summed E-state index contributed by atoms with van der Waals surface area (Å²) in [7, 11) is 0. The lowest BCUT2D eigenvalue weighted by Gasteiger charge is -2.05. The second kappa shape index (κ2) is 5.31. The van der Waals surface area contributed by atoms with Crippen molar-refractivity contribution in [1.29, 1.82) is 0 Å². The minimum Gasteiger partial charge on any atom is -0.348 e. The molecular formula is C14H15N3O. The maximum Gasteiger partial charge on any atom is 0.255 e. The summed E-state index contributed by atoms with van der Waals surface area (Å²) in [5.74, 6) is -0.148. The third-order valence-corrected chi connectivity index (χ3v) is 2.50. The van der Waals surface area contributed by atoms with Gasteiger partial charge in [0.2, 0.25) is 0 Å². The molecule has 0 atom stereocenters. The summed E-state index contributed by atoms with van der Waals surface area (Å²) >= 11 is 0. The number of amides is 1. The van der Waals surface area contributed by atoms with Gasteiger partial charge in [-0.1, -0.05) is 42.5 Å². The van der Waals surface area contributed by atoms with Gasteiger partial charge in [0.25, 0.3) is 5.91 Å². The standard InChI is InChI=1S/C14H15N3O/c1-10(2)8-15-14(18)12-9-16-17-13(12)11-6-4-3-5-7-11/h3-7,9H,1,8H2,2H3,(H,15,18)(H,16,17). The first-order valence-electron chi connectivity index (χ1n) is 5.70. The van der Waals surface area contributed by atoms with Crippen LogP contribution in [0, 0.1) is 0 Å². The highest BCUT2D eigenvalue weighted by molar-refractivity contribution is 5.99. The second-order valence-electron chi connectivity index (χ2n) is 4.16. The van der Waals surface area contributed by atoms with Crippen molar-refractivity contribution in [3.63, 3.8) is 0 Å². The van der Waals surface area contributed by atoms with Crippen LogP contribution < -0.4 is 5.32 Å². The largest absolute Gasteiger partial charge is 0.348 e. The summed E-state index contributed by atoms with van der Waals surface area (Å²) in [5.41, 5.74) is 3.13. The lowest BCUT2D eigenvalue weighted by atomic mass is 10.1. The topological polar surface area (TPSA) is 57.8 Å². The Hall–Kier alpha value is -2.36. The highest BCUT2D eigenvalue weighted by Gasteiger charge is 2.14. The molecule has 0 saturated heterocycles. The quantitative estimate of drug-likeness (QED) is 0.807. The smallest absolute Gasteiger partial charge is 0.255 e. The first kappa shape index (κ1) is 12.1. The summed E-state index contributed by atoms with van der Waals surface area (Å²) < 4.78 is 0. The van der Waals surface area contributed by atoms with Gasteiger partial charge in [-0.25, -0.2) is 0 Å². The van der Waals surface area contributed by atoms with E-state index in [0.29, 0.717) is 12.1 Å². The van der Waals surface area contributed by atoms with Gasteiger partial charge in [0.05, 0.1) is 17.5 Å². The molecule has 0 unspecified atom stereocenters. The van der Waals surface area contributed by atoms with Crippen LogP contribution in [-0.2, 0) is 0 Å². The van der Waals surface area contributed by atoms with E-state index in [-0.39, 0.29) is 5.91 Å². The monoisotopic (exact) mass is 241 g/mol. The Balaban J connectivity index is 2.23. The number of aromatic amines is 1. The molecule has 0 aliphatic heterocycles. The van der Waals surface area contributed by atoms with Gasteiger partial charge in [-0.3, -0.25) is 9.89 Å². The highest BCUT2D eigenvalue weighted by atomic mass is 16.1. The van der Waals surface area contributed by atoms with Crippen molar-refractivity contribution in [2.24, 2.45) is 0 Å². The summed E-state index contributed by atoms with van der Waals surface area (Å²) in [6.07, 6.45) is 1.54. The van der Waals surface area contributed by atoms with E-state index in [1.54, 1.807) is 0 Å². The number of nitrogens with one attached hydrogen (secondary N) is 2. The maximum absolute atomic E-state index is 12.0. The summed E-state index contributed by atoms with van der Waals surface area (Å²) in [4.78, 5) is 12.0. The Bertz CT molecular complexity index is 557. The van der Waals surface area contributed by atoms with Crippen LogP contribution in [0.1, 0.15) is 17.3 Å². The van der Waals surface area contributed by atoms with E-state index in [0.717, 1.165) is 16.8 Å². The fourth-order valence-corrected chi connectivity index (χ4v) is 1.61. The molecule has 0 saturated carbocycles. The minimum absolute atomic E-state index is 0.148. The molecule has 0 bridgehead atoms. The van der Waals surface area contributed by atoms with E-state index in [9.17, 15) is 4.79 Å². The molecule has 0 fully saturated rings. The molecule has 1 aromatic carbocycles. The van der Waals surface area contributed by atoms with Crippen molar-refractivity contribution in [3.8, 4) is 11.3 Å². The number of rotatable bonds is 4. The number of H-pyrrole nitrogens is 1. The Morgan fingerprint density at radius 3 is 2.78 bits per heavy atom. The molecule has 2 aromatic rings. The lowest BCUT2D eigenvalue weighted by Crippen LogP contribution is -2.24. The van der Waals surface area contributed by atoms with Gasteiger partial charge >= 0.3 is 0 Å². The SMILES string of the molecule is C=C(C)CNC(=O)c1cn[nH]c1-c1ccccc1. The molecule has 0 aliphatic rings. The Kier molecular flexibility index (Phi) is 3.57. The fraction of sp³-hybridized carbons (Fsp3) is 0.143. The lowest BCUT2D eigenvalue weighted by molar-refractivity contribution is 0.0957. The zero-order valence-electron chi connectivity index (χ0n) is 10.2. The van der Waals surface area contributed by atoms with Crippen LogP contribution in [0.15, 0.2) is 48.7 Å². The Morgan fingerprint density at radius 2 is 2.11 bits per heavy atom. The van der Waals surface area contributed by atoms with E-state index < -0.39 is 0 Å². The molecular weight excluding hydrogens is 226 g/mol. The van der Waals surface area contributed by atoms with Gasteiger partial charge in [0, 0.05) is 12.1 Å². The van der Waals surface area contributed by atoms with Crippen LogP contribution in [0.5, 0.6) is 0 Å². The van der Waals surface area contributed by atoms with Crippen molar-refractivity contribution in [2.75, 3.05) is 6.54 Å². The van der Waals surface area contributed by atoms with Crippen LogP contribution in [0.2, 0.25) is 0 Å². The molecule has 0 radical (unpaired) electrons. The average Bonchev–Trinajstić information content (AvgIpc) is 2.86. The van der Waals surface area contributed by atoms with E-state index in [1.807, 2.05) is 37.3 Å². The minimum atomic E-state index is -0.148. The first-order valence-corrected chi connectivity index (χ1v) is 5.70. The Labute approximate surface area is 106 Å². The summed E-state index contributed by atoms with van der Waals surface area (Å²) in [5, 5.41) is 9.59. The molecule has 1 heterocycles. The molecule has 92 valence electrons. The third kappa shape index (κ3) is 2.66. The van der Waals surface area contributed by atoms with Crippen molar-refractivity contribution in [3.05, 3.63) is 54.2 Å². The number of aromatic nitrogens is 2. The van der Waals surface area contributed by atoms with Gasteiger partial charge in [-0.2, -0.15) is 5.10 Å². The predicted octanol–water partition coefficient (Wildman–Crippen LogP) is 2.38. The number of carbonyl (C=O) groups excluding carboxylic acids is 1. The number of hydrogen-bond acceptors (Lipinski definition) is 2. The molecule has 4 heteroatoms. The van der Waals surface area contributed by atoms with Crippen LogP contribution >= 0.6 is 0 Å². The van der Waals surface area contributed by atoms with Gasteiger partial charge in [0.1, 0.15) is 0 Å². The maximum atomic E-state index is 12.0. The summed E-state index contributed by atoms with van der Waals surface area (Å²) in [6.45, 7) is 6.09. The van der Waals surface area contributed by atoms with Gasteiger partial charge in [0.15, 0.2) is 0 Å². The first-order chi connectivity index (χ1) is 8.68. The number of hydrogen-bond donors (Lipinski definition) is 2. The van der Waals surface area contributed by atoms with Crippen LogP contribution in [-0.4, -0.2) is 22.6 Å². The van der Waals surface area contributed by atoms with Crippen LogP contribution in [0.4, 0.5) is 0 Å². The van der Waals surface area contributed by atoms with Gasteiger partial charge in [-0.15, -0.1) is 0 Å². The molecule has 2 rings (SSSR count). The molecule has 2 N–H and O–H groups in total. The number of benzene rings is 1. The normalized spacial score (nSPS) is 10.1. The zero-order valence-corrected chi connectivity index (χ0v) is 10.2. The number of nitrogens with zero attached hydrogens (tertiary/aromatic N) is 1. The van der Waals surface area contributed by atoms with E-state index in [4.69, 9.17) is 0 Å². The molecule has 1 aromatic heterocycles. The fourth-order valence-electron chi connectivity index (χ4n) is 1.61. The van der Waals surface area contributed by atoms with Crippen molar-refractivity contribution < 1.29 is 4.79 Å². The molecule has 4 nitrogen and oxygen atoms in total. The van der Waals surface area contributed by atoms with E-state index in [2.05, 4.69) is 22.1 Å². The van der Waals surface area contributed by atoms with Crippen LogP contribution in [0.3, 0.4) is 0 Å².